The van der Waals surface area contributed by atoms with E-state index in [4.69, 9.17) is 11.3 Å². The Morgan fingerprint density at radius 1 is 0.926 bits per heavy atom. The molecule has 2 aromatic heterocycles. The molecule has 5 rings (SSSR count). The largest absolute Gasteiger partial charge is 0.455 e. The number of pyridine rings is 1. The van der Waals surface area contributed by atoms with Crippen molar-refractivity contribution in [1.82, 2.24) is 4.98 Å². The van der Waals surface area contributed by atoms with Gasteiger partial charge in [0, 0.05) is 29.4 Å². The van der Waals surface area contributed by atoms with Crippen LogP contribution in [-0.2, 0) is 6.37 Å². The first-order chi connectivity index (χ1) is 15.3. The molecule has 0 saturated heterocycles. The number of hydrogen-bond acceptors (Lipinski definition) is 2. The molecule has 0 N–H and O–H groups in total. The Hall–Kier alpha value is -3.39. The number of fused-ring (bicyclic) bond motifs is 3. The molecule has 2 nitrogen and oxygen atoms in total. The standard InChI is InChI=1S/C25H19NO/c1-17-11-12-20(25-24(17)21-9-5-6-10-23(21)27-25)22-16-19(13-14-26-22)15-18-7-3-2-4-8-18/h2-14,16H,15H2,1H3/i1D3,15D2. The van der Waals surface area contributed by atoms with Crippen molar-refractivity contribution >= 4 is 21.9 Å². The van der Waals surface area contributed by atoms with Crippen LogP contribution in [0, 0.1) is 6.85 Å². The van der Waals surface area contributed by atoms with Crippen molar-refractivity contribution in [1.29, 1.82) is 0 Å². The van der Waals surface area contributed by atoms with Gasteiger partial charge in [-0.2, -0.15) is 0 Å². The molecule has 27 heavy (non-hydrogen) atoms. The molecule has 2 heterocycles. The highest BCUT2D eigenvalue weighted by atomic mass is 16.3. The van der Waals surface area contributed by atoms with Crippen molar-refractivity contribution < 1.29 is 11.3 Å². The van der Waals surface area contributed by atoms with E-state index in [9.17, 15) is 0 Å². The number of para-hydroxylation sites is 1. The monoisotopic (exact) mass is 354 g/mol. The number of rotatable bonds is 3. The Morgan fingerprint density at radius 3 is 2.67 bits per heavy atom. The van der Waals surface area contributed by atoms with Gasteiger partial charge < -0.3 is 4.42 Å². The Labute approximate surface area is 165 Å². The summed E-state index contributed by atoms with van der Waals surface area (Å²) in [5, 5.41) is 1.27. The highest BCUT2D eigenvalue weighted by Crippen LogP contribution is 2.37. The number of aryl methyl sites for hydroxylation is 1. The van der Waals surface area contributed by atoms with Gasteiger partial charge in [0.2, 0.25) is 0 Å². The van der Waals surface area contributed by atoms with Crippen molar-refractivity contribution in [3.05, 3.63) is 102 Å². The maximum atomic E-state index is 8.68. The van der Waals surface area contributed by atoms with Crippen LogP contribution in [0.1, 0.15) is 23.5 Å². The zero-order chi connectivity index (χ0) is 22.5. The Morgan fingerprint density at radius 2 is 1.78 bits per heavy atom. The Balaban J connectivity index is 1.74. The maximum absolute atomic E-state index is 8.68. The van der Waals surface area contributed by atoms with E-state index in [1.54, 1.807) is 60.8 Å². The molecule has 0 saturated carbocycles. The molecule has 0 radical (unpaired) electrons. The van der Waals surface area contributed by atoms with E-state index >= 15 is 0 Å². The molecule has 0 fully saturated rings. The number of furan rings is 1. The first-order valence-corrected chi connectivity index (χ1v) is 8.74. The van der Waals surface area contributed by atoms with Gasteiger partial charge in [0.1, 0.15) is 11.2 Å². The molecule has 0 bridgehead atoms. The fraction of sp³-hybridized carbons (Fsp3) is 0.0800. The molecule has 0 spiro atoms. The number of hydrogen-bond donors (Lipinski definition) is 0. The van der Waals surface area contributed by atoms with Gasteiger partial charge in [0.05, 0.1) is 5.69 Å². The molecule has 0 atom stereocenters. The summed E-state index contributed by atoms with van der Waals surface area (Å²) in [6.45, 7) is -2.30. The Bertz CT molecular complexity index is 1440. The summed E-state index contributed by atoms with van der Waals surface area (Å²) in [4.78, 5) is 4.46. The van der Waals surface area contributed by atoms with Crippen molar-refractivity contribution in [2.24, 2.45) is 0 Å². The van der Waals surface area contributed by atoms with Crippen molar-refractivity contribution in [3.63, 3.8) is 0 Å². The zero-order valence-electron chi connectivity index (χ0n) is 19.4. The highest BCUT2D eigenvalue weighted by molar-refractivity contribution is 6.10. The van der Waals surface area contributed by atoms with Crippen molar-refractivity contribution in [2.45, 2.75) is 13.2 Å². The van der Waals surface area contributed by atoms with E-state index < -0.39 is 13.2 Å². The minimum Gasteiger partial charge on any atom is -0.455 e. The smallest absolute Gasteiger partial charge is 0.145 e. The maximum Gasteiger partial charge on any atom is 0.145 e. The van der Waals surface area contributed by atoms with E-state index in [1.807, 2.05) is 24.3 Å². The molecule has 0 aliphatic carbocycles. The number of nitrogens with zero attached hydrogens (tertiary/aromatic N) is 1. The van der Waals surface area contributed by atoms with Crippen LogP contribution in [0.2, 0.25) is 0 Å². The number of aromatic nitrogens is 1. The topological polar surface area (TPSA) is 26.0 Å². The SMILES string of the molecule is [2H]C([2H])([2H])c1ccc(-c2cc(C([2H])([2H])c3ccccc3)ccn2)c2oc3ccccc3c12. The Kier molecular flexibility index (Phi) is 2.69. The van der Waals surface area contributed by atoms with Crippen LogP contribution in [0.15, 0.2) is 89.5 Å². The van der Waals surface area contributed by atoms with E-state index in [0.29, 0.717) is 38.9 Å². The van der Waals surface area contributed by atoms with Gasteiger partial charge in [-0.3, -0.25) is 4.98 Å². The second kappa shape index (κ2) is 6.40. The lowest BCUT2D eigenvalue weighted by Gasteiger charge is -2.07. The molecule has 130 valence electrons. The molecular formula is C25H19NO. The summed E-state index contributed by atoms with van der Waals surface area (Å²) in [5.41, 5.74) is 3.39. The highest BCUT2D eigenvalue weighted by Gasteiger charge is 2.15. The lowest BCUT2D eigenvalue weighted by Crippen LogP contribution is -1.91. The molecule has 3 aromatic carbocycles. The summed E-state index contributed by atoms with van der Waals surface area (Å²) in [7, 11) is 0. The third-order valence-corrected chi connectivity index (χ3v) is 4.62. The average Bonchev–Trinajstić information content (AvgIpc) is 3.18. The molecule has 0 amide bonds. The van der Waals surface area contributed by atoms with Gasteiger partial charge in [0.15, 0.2) is 0 Å². The van der Waals surface area contributed by atoms with E-state index in [1.165, 1.54) is 0 Å². The molecule has 0 aliphatic heterocycles. The van der Waals surface area contributed by atoms with Crippen LogP contribution in [-0.4, -0.2) is 4.98 Å². The second-order valence-electron chi connectivity index (χ2n) is 6.38. The summed E-state index contributed by atoms with van der Waals surface area (Å²) in [5.74, 6) is 0. The fourth-order valence-electron chi connectivity index (χ4n) is 3.37. The summed E-state index contributed by atoms with van der Waals surface area (Å²) >= 11 is 0. The van der Waals surface area contributed by atoms with Gasteiger partial charge in [-0.05, 0) is 54.2 Å². The average molecular weight is 354 g/mol. The molecule has 0 unspecified atom stereocenters. The quantitative estimate of drug-likeness (QED) is 0.367. The van der Waals surface area contributed by atoms with Crippen LogP contribution in [0.3, 0.4) is 0 Å². The van der Waals surface area contributed by atoms with Crippen LogP contribution in [0.25, 0.3) is 33.2 Å². The van der Waals surface area contributed by atoms with Crippen LogP contribution in [0.4, 0.5) is 0 Å². The fourth-order valence-corrected chi connectivity index (χ4v) is 3.37. The summed E-state index contributed by atoms with van der Waals surface area (Å²) in [6, 6.07) is 22.9. The minimum atomic E-state index is -2.30. The molecule has 2 heteroatoms. The third-order valence-electron chi connectivity index (χ3n) is 4.62. The summed E-state index contributed by atoms with van der Waals surface area (Å²) in [6.07, 6.45) is -0.151. The van der Waals surface area contributed by atoms with E-state index in [-0.39, 0.29) is 5.56 Å². The first kappa shape index (κ1) is 11.3. The third kappa shape index (κ3) is 2.80. The normalized spacial score (nSPS) is 15.0. The van der Waals surface area contributed by atoms with Gasteiger partial charge in [0.25, 0.3) is 0 Å². The van der Waals surface area contributed by atoms with E-state index in [2.05, 4.69) is 4.98 Å². The van der Waals surface area contributed by atoms with Gasteiger partial charge in [-0.1, -0.05) is 54.6 Å². The summed E-state index contributed by atoms with van der Waals surface area (Å²) < 4.78 is 47.4. The van der Waals surface area contributed by atoms with E-state index in [0.717, 1.165) is 5.39 Å². The predicted octanol–water partition coefficient (Wildman–Crippen LogP) is 6.55. The minimum absolute atomic E-state index is 0.219. The number of benzene rings is 3. The van der Waals surface area contributed by atoms with Crippen molar-refractivity contribution in [3.8, 4) is 11.3 Å². The lowest BCUT2D eigenvalue weighted by atomic mass is 10.00. The van der Waals surface area contributed by atoms with Crippen LogP contribution >= 0.6 is 0 Å². The molecular weight excluding hydrogens is 330 g/mol. The first-order valence-electron chi connectivity index (χ1n) is 11.2. The van der Waals surface area contributed by atoms with Gasteiger partial charge >= 0.3 is 0 Å². The van der Waals surface area contributed by atoms with Crippen LogP contribution in [0.5, 0.6) is 0 Å². The van der Waals surface area contributed by atoms with Gasteiger partial charge in [-0.15, -0.1) is 0 Å². The molecule has 5 aromatic rings. The molecule has 0 aliphatic rings. The zero-order valence-corrected chi connectivity index (χ0v) is 14.4. The van der Waals surface area contributed by atoms with Crippen LogP contribution < -0.4 is 0 Å². The predicted molar refractivity (Wildman–Crippen MR) is 111 cm³/mol. The van der Waals surface area contributed by atoms with Crippen molar-refractivity contribution in [2.75, 3.05) is 0 Å². The lowest BCUT2D eigenvalue weighted by molar-refractivity contribution is 0.669. The second-order valence-corrected chi connectivity index (χ2v) is 6.38. The van der Waals surface area contributed by atoms with Gasteiger partial charge in [-0.25, -0.2) is 0 Å².